The van der Waals surface area contributed by atoms with Crippen LogP contribution in [0.25, 0.3) is 11.1 Å². The first-order valence-corrected chi connectivity index (χ1v) is 5.95. The van der Waals surface area contributed by atoms with Crippen LogP contribution in [0.15, 0.2) is 48.5 Å². The van der Waals surface area contributed by atoms with E-state index in [-0.39, 0.29) is 0 Å². The van der Waals surface area contributed by atoms with E-state index in [1.807, 2.05) is 0 Å². The molecule has 3 rings (SSSR count). The standard InChI is InChI=1S/C13H10.CCl2O/c1-3-7-12-10(5-1)9-11-6-2-4-8-13(11)12;2-1(3)4/h1-8H,9H2;. The summed E-state index contributed by atoms with van der Waals surface area (Å²) in [5, 5.41) is 0. The summed E-state index contributed by atoms with van der Waals surface area (Å²) in [6.07, 6.45) is 1.10. The second-order valence-corrected chi connectivity index (χ2v) is 4.60. The van der Waals surface area contributed by atoms with Crippen molar-refractivity contribution in [1.82, 2.24) is 0 Å². The lowest BCUT2D eigenvalue weighted by atomic mass is 10.1. The van der Waals surface area contributed by atoms with Gasteiger partial charge in [0.1, 0.15) is 0 Å². The molecule has 86 valence electrons. The number of carbonyl (C=O) groups is 1. The quantitative estimate of drug-likeness (QED) is 0.531. The summed E-state index contributed by atoms with van der Waals surface area (Å²) in [4.78, 5) is 8.98. The third-order valence-electron chi connectivity index (χ3n) is 2.71. The molecular weight excluding hydrogens is 255 g/mol. The Morgan fingerprint density at radius 2 is 1.18 bits per heavy atom. The molecule has 0 saturated heterocycles. The van der Waals surface area contributed by atoms with Gasteiger partial charge in [-0.2, -0.15) is 0 Å². The van der Waals surface area contributed by atoms with Crippen molar-refractivity contribution in [1.29, 1.82) is 0 Å². The van der Waals surface area contributed by atoms with Gasteiger partial charge in [-0.15, -0.1) is 0 Å². The zero-order valence-electron chi connectivity index (χ0n) is 8.99. The first kappa shape index (κ1) is 12.2. The Labute approximate surface area is 110 Å². The topological polar surface area (TPSA) is 17.1 Å². The fourth-order valence-corrected chi connectivity index (χ4v) is 2.08. The van der Waals surface area contributed by atoms with E-state index < -0.39 is 4.70 Å². The lowest BCUT2D eigenvalue weighted by molar-refractivity contribution is 0.275. The molecule has 0 heterocycles. The molecule has 17 heavy (non-hydrogen) atoms. The van der Waals surface area contributed by atoms with E-state index in [2.05, 4.69) is 71.7 Å². The van der Waals surface area contributed by atoms with Crippen LogP contribution in [0, 0.1) is 0 Å². The van der Waals surface area contributed by atoms with Gasteiger partial charge in [-0.1, -0.05) is 48.5 Å². The van der Waals surface area contributed by atoms with Gasteiger partial charge in [0.2, 0.25) is 0 Å². The van der Waals surface area contributed by atoms with Crippen molar-refractivity contribution in [3.05, 3.63) is 59.7 Å². The minimum atomic E-state index is -0.889. The Hall–Kier alpha value is -1.31. The molecule has 3 heteroatoms. The van der Waals surface area contributed by atoms with Gasteiger partial charge in [-0.05, 0) is 51.9 Å². The summed E-state index contributed by atoms with van der Waals surface area (Å²) in [7, 11) is 0. The first-order valence-electron chi connectivity index (χ1n) is 5.19. The van der Waals surface area contributed by atoms with Gasteiger partial charge in [0.05, 0.1) is 0 Å². The average Bonchev–Trinajstić information content (AvgIpc) is 2.66. The van der Waals surface area contributed by atoms with Crippen LogP contribution in [-0.2, 0) is 6.42 Å². The van der Waals surface area contributed by atoms with E-state index in [0.717, 1.165) is 6.42 Å². The molecule has 0 saturated carbocycles. The molecule has 0 fully saturated rings. The maximum Gasteiger partial charge on any atom is 0.313 e. The summed E-state index contributed by atoms with van der Waals surface area (Å²) in [6, 6.07) is 17.3. The van der Waals surface area contributed by atoms with Gasteiger partial charge in [0, 0.05) is 0 Å². The Bertz CT molecular complexity index is 502. The molecule has 1 aliphatic rings. The fraction of sp³-hybridized carbons (Fsp3) is 0.0714. The number of benzene rings is 2. The predicted octanol–water partition coefficient (Wildman–Crippen LogP) is 4.84. The van der Waals surface area contributed by atoms with Crippen molar-refractivity contribution < 1.29 is 4.79 Å². The molecule has 2 aromatic rings. The number of rotatable bonds is 0. The maximum absolute atomic E-state index is 8.98. The molecule has 0 spiro atoms. The summed E-state index contributed by atoms with van der Waals surface area (Å²) in [5.41, 5.74) is 5.75. The number of hydrogen-bond donors (Lipinski definition) is 0. The molecule has 0 aliphatic heterocycles. The molecule has 2 aromatic carbocycles. The summed E-state index contributed by atoms with van der Waals surface area (Å²) >= 11 is 8.80. The molecule has 0 amide bonds. The molecule has 1 nitrogen and oxygen atoms in total. The normalized spacial score (nSPS) is 10.9. The Morgan fingerprint density at radius 3 is 1.59 bits per heavy atom. The minimum Gasteiger partial charge on any atom is -0.262 e. The van der Waals surface area contributed by atoms with Crippen LogP contribution in [0.3, 0.4) is 0 Å². The van der Waals surface area contributed by atoms with Crippen LogP contribution in [0.2, 0.25) is 0 Å². The van der Waals surface area contributed by atoms with Crippen molar-refractivity contribution >= 4 is 27.9 Å². The molecular formula is C14H10Cl2O. The van der Waals surface area contributed by atoms with Crippen molar-refractivity contribution in [3.8, 4) is 11.1 Å². The highest BCUT2D eigenvalue weighted by Gasteiger charge is 2.15. The zero-order chi connectivity index (χ0) is 12.3. The average molecular weight is 265 g/mol. The SMILES string of the molecule is O=C(Cl)Cl.c1ccc2c(c1)Cc1ccccc1-2. The van der Waals surface area contributed by atoms with E-state index in [4.69, 9.17) is 4.79 Å². The fourth-order valence-electron chi connectivity index (χ4n) is 2.08. The minimum absolute atomic E-state index is 0.889. The summed E-state index contributed by atoms with van der Waals surface area (Å²) in [5.74, 6) is 0. The molecule has 0 atom stereocenters. The number of hydrogen-bond acceptors (Lipinski definition) is 1. The molecule has 0 aromatic heterocycles. The third-order valence-corrected chi connectivity index (χ3v) is 2.71. The highest BCUT2D eigenvalue weighted by atomic mass is 35.5. The third kappa shape index (κ3) is 2.87. The van der Waals surface area contributed by atoms with E-state index in [1.165, 1.54) is 22.3 Å². The van der Waals surface area contributed by atoms with Crippen LogP contribution < -0.4 is 0 Å². The molecule has 0 N–H and O–H groups in total. The smallest absolute Gasteiger partial charge is 0.262 e. The van der Waals surface area contributed by atoms with Crippen molar-refractivity contribution in [2.45, 2.75) is 6.42 Å². The van der Waals surface area contributed by atoms with Gasteiger partial charge in [-0.3, -0.25) is 4.79 Å². The summed E-state index contributed by atoms with van der Waals surface area (Å²) in [6.45, 7) is 0. The second-order valence-electron chi connectivity index (χ2n) is 3.72. The van der Waals surface area contributed by atoms with Gasteiger partial charge < -0.3 is 0 Å². The summed E-state index contributed by atoms with van der Waals surface area (Å²) < 4.78 is -0.889. The van der Waals surface area contributed by atoms with E-state index >= 15 is 0 Å². The predicted molar refractivity (Wildman–Crippen MR) is 71.8 cm³/mol. The first-order chi connectivity index (χ1) is 8.18. The van der Waals surface area contributed by atoms with Crippen molar-refractivity contribution in [2.75, 3.05) is 0 Å². The highest BCUT2D eigenvalue weighted by molar-refractivity contribution is 6.93. The van der Waals surface area contributed by atoms with Crippen LogP contribution in [0.1, 0.15) is 11.1 Å². The Morgan fingerprint density at radius 1 is 0.824 bits per heavy atom. The van der Waals surface area contributed by atoms with E-state index in [1.54, 1.807) is 0 Å². The van der Waals surface area contributed by atoms with E-state index in [9.17, 15) is 0 Å². The largest absolute Gasteiger partial charge is 0.313 e. The van der Waals surface area contributed by atoms with Gasteiger partial charge in [0.15, 0.2) is 0 Å². The van der Waals surface area contributed by atoms with Gasteiger partial charge in [0.25, 0.3) is 0 Å². The zero-order valence-corrected chi connectivity index (χ0v) is 10.5. The van der Waals surface area contributed by atoms with Crippen LogP contribution in [-0.4, -0.2) is 4.70 Å². The van der Waals surface area contributed by atoms with Gasteiger partial charge >= 0.3 is 4.70 Å². The Balaban J connectivity index is 0.000000239. The van der Waals surface area contributed by atoms with Gasteiger partial charge in [-0.25, -0.2) is 0 Å². The maximum atomic E-state index is 8.98. The lowest BCUT2D eigenvalue weighted by Gasteiger charge is -1.98. The van der Waals surface area contributed by atoms with Crippen molar-refractivity contribution in [2.24, 2.45) is 0 Å². The molecule has 0 unspecified atom stereocenters. The number of halogens is 2. The Kier molecular flexibility index (Phi) is 3.82. The van der Waals surface area contributed by atoms with Crippen LogP contribution in [0.5, 0.6) is 0 Å². The lowest BCUT2D eigenvalue weighted by Crippen LogP contribution is -1.77. The molecule has 1 aliphatic carbocycles. The molecule has 0 bridgehead atoms. The number of carbonyl (C=O) groups excluding carboxylic acids is 1. The second kappa shape index (κ2) is 5.35. The monoisotopic (exact) mass is 264 g/mol. The van der Waals surface area contributed by atoms with Crippen molar-refractivity contribution in [3.63, 3.8) is 0 Å². The highest BCUT2D eigenvalue weighted by Crippen LogP contribution is 2.35. The van der Waals surface area contributed by atoms with E-state index in [0.29, 0.717) is 0 Å². The molecule has 0 radical (unpaired) electrons. The van der Waals surface area contributed by atoms with Crippen LogP contribution >= 0.6 is 23.2 Å². The van der Waals surface area contributed by atoms with Crippen LogP contribution in [0.4, 0.5) is 4.79 Å². The number of fused-ring (bicyclic) bond motifs is 3.